The van der Waals surface area contributed by atoms with Crippen LogP contribution in [-0.4, -0.2) is 19.3 Å². The summed E-state index contributed by atoms with van der Waals surface area (Å²) in [5.74, 6) is 2.09. The van der Waals surface area contributed by atoms with Crippen LogP contribution in [0.5, 0.6) is 11.5 Å². The van der Waals surface area contributed by atoms with Crippen LogP contribution in [0.4, 0.5) is 0 Å². The van der Waals surface area contributed by atoms with E-state index in [2.05, 4.69) is 0 Å². The third-order valence-electron chi connectivity index (χ3n) is 3.88. The second-order valence-corrected chi connectivity index (χ2v) is 5.38. The van der Waals surface area contributed by atoms with Gasteiger partial charge in [-0.05, 0) is 37.0 Å². The van der Waals surface area contributed by atoms with Gasteiger partial charge in [-0.15, -0.1) is 0 Å². The Morgan fingerprint density at radius 3 is 2.11 bits per heavy atom. The highest BCUT2D eigenvalue weighted by Crippen LogP contribution is 2.39. The Morgan fingerprint density at radius 2 is 1.72 bits per heavy atom. The standard InChI is InChI=1S/C15H22O3/c1-15(16,10-11-5-4-6-11)12-7-13(17-2)9-14(8-12)18-3/h7-9,11,16H,4-6,10H2,1-3H3. The predicted molar refractivity (Wildman–Crippen MR) is 71.1 cm³/mol. The van der Waals surface area contributed by atoms with Crippen LogP contribution in [0.15, 0.2) is 18.2 Å². The lowest BCUT2D eigenvalue weighted by molar-refractivity contribution is 0.0158. The van der Waals surface area contributed by atoms with Crippen LogP contribution in [0.1, 0.15) is 38.2 Å². The number of methoxy groups -OCH3 is 2. The number of ether oxygens (including phenoxy) is 2. The molecule has 0 amide bonds. The van der Waals surface area contributed by atoms with E-state index in [0.717, 1.165) is 23.5 Å². The second kappa shape index (κ2) is 5.19. The summed E-state index contributed by atoms with van der Waals surface area (Å²) in [6, 6.07) is 5.60. The molecule has 1 fully saturated rings. The molecule has 3 nitrogen and oxygen atoms in total. The van der Waals surface area contributed by atoms with Crippen molar-refractivity contribution in [3.63, 3.8) is 0 Å². The molecule has 0 aliphatic heterocycles. The van der Waals surface area contributed by atoms with E-state index in [0.29, 0.717) is 5.92 Å². The molecule has 0 saturated heterocycles. The third-order valence-corrected chi connectivity index (χ3v) is 3.88. The SMILES string of the molecule is COc1cc(OC)cc(C(C)(O)CC2CCC2)c1. The van der Waals surface area contributed by atoms with Gasteiger partial charge in [-0.1, -0.05) is 19.3 Å². The van der Waals surface area contributed by atoms with E-state index in [1.807, 2.05) is 25.1 Å². The molecule has 0 bridgehead atoms. The van der Waals surface area contributed by atoms with Gasteiger partial charge in [0.1, 0.15) is 11.5 Å². The van der Waals surface area contributed by atoms with E-state index in [9.17, 15) is 5.11 Å². The number of rotatable bonds is 5. The van der Waals surface area contributed by atoms with Crippen LogP contribution < -0.4 is 9.47 Å². The monoisotopic (exact) mass is 250 g/mol. The number of hydrogen-bond donors (Lipinski definition) is 1. The van der Waals surface area contributed by atoms with Gasteiger partial charge in [0.05, 0.1) is 19.8 Å². The molecular formula is C15H22O3. The average Bonchev–Trinajstić information content (AvgIpc) is 2.33. The molecule has 0 spiro atoms. The van der Waals surface area contributed by atoms with E-state index in [-0.39, 0.29) is 0 Å². The van der Waals surface area contributed by atoms with Crippen molar-refractivity contribution in [3.05, 3.63) is 23.8 Å². The van der Waals surface area contributed by atoms with Gasteiger partial charge in [-0.25, -0.2) is 0 Å². The smallest absolute Gasteiger partial charge is 0.122 e. The Kier molecular flexibility index (Phi) is 3.81. The zero-order valence-corrected chi connectivity index (χ0v) is 11.4. The number of benzene rings is 1. The molecule has 100 valence electrons. The van der Waals surface area contributed by atoms with Crippen LogP contribution in [-0.2, 0) is 5.60 Å². The van der Waals surface area contributed by atoms with Crippen molar-refractivity contribution in [2.24, 2.45) is 5.92 Å². The zero-order chi connectivity index (χ0) is 13.2. The molecule has 1 aliphatic carbocycles. The van der Waals surface area contributed by atoms with E-state index in [4.69, 9.17) is 9.47 Å². The maximum Gasteiger partial charge on any atom is 0.122 e. The minimum atomic E-state index is -0.813. The van der Waals surface area contributed by atoms with E-state index < -0.39 is 5.60 Å². The molecule has 0 aromatic heterocycles. The fourth-order valence-electron chi connectivity index (χ4n) is 2.50. The Balaban J connectivity index is 2.23. The quantitative estimate of drug-likeness (QED) is 0.872. The summed E-state index contributed by atoms with van der Waals surface area (Å²) >= 11 is 0. The molecular weight excluding hydrogens is 228 g/mol. The van der Waals surface area contributed by atoms with Gasteiger partial charge in [0.2, 0.25) is 0 Å². The minimum Gasteiger partial charge on any atom is -0.497 e. The van der Waals surface area contributed by atoms with Gasteiger partial charge in [0, 0.05) is 6.07 Å². The van der Waals surface area contributed by atoms with Gasteiger partial charge in [0.25, 0.3) is 0 Å². The summed E-state index contributed by atoms with van der Waals surface area (Å²) in [6.07, 6.45) is 4.57. The van der Waals surface area contributed by atoms with Crippen LogP contribution in [0, 0.1) is 5.92 Å². The molecule has 0 radical (unpaired) electrons. The fraction of sp³-hybridized carbons (Fsp3) is 0.600. The lowest BCUT2D eigenvalue weighted by Crippen LogP contribution is -2.28. The average molecular weight is 250 g/mol. The molecule has 1 aromatic rings. The summed E-state index contributed by atoms with van der Waals surface area (Å²) in [4.78, 5) is 0. The summed E-state index contributed by atoms with van der Waals surface area (Å²) in [6.45, 7) is 1.87. The molecule has 1 atom stereocenters. The van der Waals surface area contributed by atoms with Crippen molar-refractivity contribution in [1.29, 1.82) is 0 Å². The zero-order valence-electron chi connectivity index (χ0n) is 11.4. The summed E-state index contributed by atoms with van der Waals surface area (Å²) in [5, 5.41) is 10.7. The van der Waals surface area contributed by atoms with Crippen molar-refractivity contribution < 1.29 is 14.6 Å². The predicted octanol–water partition coefficient (Wildman–Crippen LogP) is 3.10. The number of aliphatic hydroxyl groups is 1. The van der Waals surface area contributed by atoms with Crippen LogP contribution >= 0.6 is 0 Å². The molecule has 3 heteroatoms. The lowest BCUT2D eigenvalue weighted by Gasteiger charge is -2.34. The van der Waals surface area contributed by atoms with Crippen molar-refractivity contribution in [2.45, 2.75) is 38.2 Å². The molecule has 2 rings (SSSR count). The maximum atomic E-state index is 10.7. The Morgan fingerprint density at radius 1 is 1.17 bits per heavy atom. The molecule has 1 saturated carbocycles. The van der Waals surface area contributed by atoms with Gasteiger partial charge < -0.3 is 14.6 Å². The minimum absolute atomic E-state index is 0.650. The Hall–Kier alpha value is -1.22. The normalized spacial score (nSPS) is 18.9. The molecule has 1 N–H and O–H groups in total. The van der Waals surface area contributed by atoms with Gasteiger partial charge in [-0.2, -0.15) is 0 Å². The largest absolute Gasteiger partial charge is 0.497 e. The first kappa shape index (κ1) is 13.2. The van der Waals surface area contributed by atoms with Crippen LogP contribution in [0.25, 0.3) is 0 Å². The highest BCUT2D eigenvalue weighted by Gasteiger charge is 2.31. The second-order valence-electron chi connectivity index (χ2n) is 5.38. The van der Waals surface area contributed by atoms with Gasteiger partial charge >= 0.3 is 0 Å². The Labute approximate surface area is 109 Å². The molecule has 1 aromatic carbocycles. The van der Waals surface area contributed by atoms with E-state index in [1.54, 1.807) is 14.2 Å². The van der Waals surface area contributed by atoms with Gasteiger partial charge in [-0.3, -0.25) is 0 Å². The molecule has 1 aliphatic rings. The first-order valence-corrected chi connectivity index (χ1v) is 6.51. The molecule has 1 unspecified atom stereocenters. The van der Waals surface area contributed by atoms with Crippen LogP contribution in [0.3, 0.4) is 0 Å². The molecule has 18 heavy (non-hydrogen) atoms. The third kappa shape index (κ3) is 2.78. The van der Waals surface area contributed by atoms with Crippen LogP contribution in [0.2, 0.25) is 0 Å². The Bertz CT molecular complexity index is 386. The van der Waals surface area contributed by atoms with E-state index in [1.165, 1.54) is 19.3 Å². The van der Waals surface area contributed by atoms with Crippen molar-refractivity contribution in [2.75, 3.05) is 14.2 Å². The first-order chi connectivity index (χ1) is 8.55. The molecule has 0 heterocycles. The first-order valence-electron chi connectivity index (χ1n) is 6.51. The van der Waals surface area contributed by atoms with Crippen molar-refractivity contribution in [3.8, 4) is 11.5 Å². The van der Waals surface area contributed by atoms with Crippen molar-refractivity contribution >= 4 is 0 Å². The van der Waals surface area contributed by atoms with Gasteiger partial charge in [0.15, 0.2) is 0 Å². The maximum absolute atomic E-state index is 10.7. The van der Waals surface area contributed by atoms with E-state index >= 15 is 0 Å². The lowest BCUT2D eigenvalue weighted by atomic mass is 9.76. The summed E-state index contributed by atoms with van der Waals surface area (Å²) in [7, 11) is 3.25. The highest BCUT2D eigenvalue weighted by atomic mass is 16.5. The highest BCUT2D eigenvalue weighted by molar-refractivity contribution is 5.40. The number of hydrogen-bond acceptors (Lipinski definition) is 3. The summed E-state index contributed by atoms with van der Waals surface area (Å²) in [5.41, 5.74) is 0.0537. The van der Waals surface area contributed by atoms with Crippen molar-refractivity contribution in [1.82, 2.24) is 0 Å². The fourth-order valence-corrected chi connectivity index (χ4v) is 2.50. The topological polar surface area (TPSA) is 38.7 Å². The summed E-state index contributed by atoms with van der Waals surface area (Å²) < 4.78 is 10.5.